The third-order valence-corrected chi connectivity index (χ3v) is 4.62. The molecule has 1 fully saturated rings. The molecule has 2 aromatic rings. The molecule has 0 radical (unpaired) electrons. The van der Waals surface area contributed by atoms with E-state index in [0.717, 1.165) is 11.7 Å². The Labute approximate surface area is 152 Å². The second-order valence-corrected chi connectivity index (χ2v) is 6.32. The van der Waals surface area contributed by atoms with Crippen LogP contribution in [0.1, 0.15) is 40.6 Å². The van der Waals surface area contributed by atoms with Crippen LogP contribution in [0.5, 0.6) is 0 Å². The molecule has 1 amide bonds. The van der Waals surface area contributed by atoms with Gasteiger partial charge in [-0.15, -0.1) is 5.10 Å². The first-order chi connectivity index (χ1) is 12.7. The Morgan fingerprint density at radius 3 is 2.30 bits per heavy atom. The summed E-state index contributed by atoms with van der Waals surface area (Å²) in [6, 6.07) is 7.70. The molecule has 1 aliphatic rings. The summed E-state index contributed by atoms with van der Waals surface area (Å²) in [6.45, 7) is 0.599. The van der Waals surface area contributed by atoms with E-state index in [-0.39, 0.29) is 5.91 Å². The summed E-state index contributed by atoms with van der Waals surface area (Å²) in [5.74, 6) is -1.45. The lowest BCUT2D eigenvalue weighted by molar-refractivity contribution is -0.147. The minimum atomic E-state index is -4.70. The lowest BCUT2D eigenvalue weighted by Crippen LogP contribution is -2.41. The van der Waals surface area contributed by atoms with Gasteiger partial charge in [-0.2, -0.15) is 18.4 Å². The molecule has 3 rings (SSSR count). The average molecular weight is 379 g/mol. The molecule has 1 aliphatic heterocycles. The van der Waals surface area contributed by atoms with Gasteiger partial charge >= 0.3 is 11.9 Å². The fourth-order valence-electron chi connectivity index (χ4n) is 3.12. The molecule has 27 heavy (non-hydrogen) atoms. The van der Waals surface area contributed by atoms with E-state index in [1.54, 1.807) is 29.2 Å². The molecule has 0 saturated carbocycles. The van der Waals surface area contributed by atoms with Gasteiger partial charge in [-0.1, -0.05) is 0 Å². The van der Waals surface area contributed by atoms with Crippen molar-refractivity contribution in [2.45, 2.75) is 25.1 Å². The number of nitrogens with zero attached hydrogens (tertiary/aromatic N) is 5. The molecule has 2 heterocycles. The van der Waals surface area contributed by atoms with Gasteiger partial charge in [0.25, 0.3) is 5.91 Å². The van der Waals surface area contributed by atoms with Crippen LogP contribution in [0.3, 0.4) is 0 Å². The Hall–Kier alpha value is -3.09. The first-order valence-corrected chi connectivity index (χ1v) is 8.24. The molecular weight excluding hydrogens is 363 g/mol. The van der Waals surface area contributed by atoms with Gasteiger partial charge in [-0.25, -0.2) is 9.48 Å². The maximum Gasteiger partial charge on any atom is 0.451 e. The Kier molecular flexibility index (Phi) is 4.78. The Balaban J connectivity index is 1.71. The van der Waals surface area contributed by atoms with Gasteiger partial charge in [-0.3, -0.25) is 9.36 Å². The third-order valence-electron chi connectivity index (χ3n) is 4.62. The summed E-state index contributed by atoms with van der Waals surface area (Å²) < 4.78 is 40.1. The second kappa shape index (κ2) is 6.90. The maximum atomic E-state index is 12.9. The number of halogens is 3. The molecule has 1 saturated heterocycles. The standard InChI is InChI=1S/C17H16F3N5O2/c1-23-15(17(18,19)20)22-25(16(23)27)13-6-8-24(9-7-13)14(26)12-4-2-11(10-21)3-5-12/h2-5,13H,6-9H2,1H3. The van der Waals surface area contributed by atoms with Gasteiger partial charge in [0.1, 0.15) is 0 Å². The third kappa shape index (κ3) is 3.58. The van der Waals surface area contributed by atoms with Crippen molar-refractivity contribution in [3.05, 3.63) is 51.7 Å². The van der Waals surface area contributed by atoms with Crippen molar-refractivity contribution >= 4 is 5.91 Å². The number of alkyl halides is 3. The van der Waals surface area contributed by atoms with Gasteiger partial charge in [0.15, 0.2) is 0 Å². The fraction of sp³-hybridized carbons (Fsp3) is 0.412. The number of amides is 1. The van der Waals surface area contributed by atoms with E-state index in [1.165, 1.54) is 0 Å². The molecule has 1 aromatic carbocycles. The van der Waals surface area contributed by atoms with Gasteiger partial charge in [0.2, 0.25) is 5.82 Å². The van der Waals surface area contributed by atoms with Crippen molar-refractivity contribution in [3.8, 4) is 6.07 Å². The van der Waals surface area contributed by atoms with Gasteiger partial charge in [0, 0.05) is 25.7 Å². The zero-order valence-electron chi connectivity index (χ0n) is 14.4. The zero-order valence-corrected chi connectivity index (χ0v) is 14.4. The highest BCUT2D eigenvalue weighted by Gasteiger charge is 2.39. The summed E-state index contributed by atoms with van der Waals surface area (Å²) in [7, 11) is 1.04. The van der Waals surface area contributed by atoms with Crippen LogP contribution in [-0.2, 0) is 13.2 Å². The number of piperidine rings is 1. The molecule has 0 unspecified atom stereocenters. The minimum absolute atomic E-state index is 0.220. The van der Waals surface area contributed by atoms with Crippen LogP contribution in [0.25, 0.3) is 0 Å². The number of aromatic nitrogens is 3. The molecule has 142 valence electrons. The largest absolute Gasteiger partial charge is 0.451 e. The van der Waals surface area contributed by atoms with Crippen LogP contribution in [-0.4, -0.2) is 38.2 Å². The highest BCUT2D eigenvalue weighted by Crippen LogP contribution is 2.28. The molecule has 10 heteroatoms. The van der Waals surface area contributed by atoms with Crippen LogP contribution in [0.15, 0.2) is 29.1 Å². The molecule has 0 N–H and O–H groups in total. The van der Waals surface area contributed by atoms with Gasteiger partial charge < -0.3 is 4.90 Å². The van der Waals surface area contributed by atoms with E-state index in [2.05, 4.69) is 5.10 Å². The van der Waals surface area contributed by atoms with Crippen LogP contribution in [0, 0.1) is 11.3 Å². The van der Waals surface area contributed by atoms with Crippen LogP contribution in [0.2, 0.25) is 0 Å². The molecular formula is C17H16F3N5O2. The summed E-state index contributed by atoms with van der Waals surface area (Å²) >= 11 is 0. The van der Waals surface area contributed by atoms with E-state index < -0.39 is 23.7 Å². The fourth-order valence-corrected chi connectivity index (χ4v) is 3.12. The van der Waals surface area contributed by atoms with E-state index in [0.29, 0.717) is 41.6 Å². The summed E-state index contributed by atoms with van der Waals surface area (Å²) in [5, 5.41) is 12.3. The zero-order chi connectivity index (χ0) is 19.8. The number of rotatable bonds is 2. The number of hydrogen-bond donors (Lipinski definition) is 0. The molecule has 7 nitrogen and oxygen atoms in total. The monoisotopic (exact) mass is 379 g/mol. The molecule has 0 atom stereocenters. The maximum absolute atomic E-state index is 12.9. The first-order valence-electron chi connectivity index (χ1n) is 8.24. The molecule has 0 spiro atoms. The Morgan fingerprint density at radius 1 is 1.22 bits per heavy atom. The topological polar surface area (TPSA) is 83.9 Å². The number of nitriles is 1. The van der Waals surface area contributed by atoms with Crippen LogP contribution < -0.4 is 5.69 Å². The summed E-state index contributed by atoms with van der Waals surface area (Å²) in [4.78, 5) is 26.2. The Morgan fingerprint density at radius 2 is 1.81 bits per heavy atom. The van der Waals surface area contributed by atoms with Crippen molar-refractivity contribution in [3.63, 3.8) is 0 Å². The predicted molar refractivity (Wildman–Crippen MR) is 87.8 cm³/mol. The van der Waals surface area contributed by atoms with E-state index in [4.69, 9.17) is 5.26 Å². The van der Waals surface area contributed by atoms with Gasteiger partial charge in [0.05, 0.1) is 17.7 Å². The lowest BCUT2D eigenvalue weighted by Gasteiger charge is -2.31. The molecule has 0 aliphatic carbocycles. The van der Waals surface area contributed by atoms with Gasteiger partial charge in [-0.05, 0) is 37.1 Å². The molecule has 1 aromatic heterocycles. The average Bonchev–Trinajstić information content (AvgIpc) is 2.97. The lowest BCUT2D eigenvalue weighted by atomic mass is 10.0. The van der Waals surface area contributed by atoms with Crippen LogP contribution in [0.4, 0.5) is 13.2 Å². The number of carbonyl (C=O) groups excluding carboxylic acids is 1. The van der Waals surface area contributed by atoms with E-state index in [9.17, 15) is 22.8 Å². The van der Waals surface area contributed by atoms with E-state index >= 15 is 0 Å². The highest BCUT2D eigenvalue weighted by molar-refractivity contribution is 5.94. The van der Waals surface area contributed by atoms with Crippen molar-refractivity contribution in [2.24, 2.45) is 7.05 Å². The predicted octanol–water partition coefficient (Wildman–Crippen LogP) is 1.95. The first kappa shape index (κ1) is 18.7. The number of hydrogen-bond acceptors (Lipinski definition) is 4. The number of benzene rings is 1. The smallest absolute Gasteiger partial charge is 0.338 e. The van der Waals surface area contributed by atoms with Crippen molar-refractivity contribution in [1.82, 2.24) is 19.2 Å². The number of likely N-dealkylation sites (tertiary alicyclic amines) is 1. The summed E-state index contributed by atoms with van der Waals surface area (Å²) in [5.41, 5.74) is 0.0567. The van der Waals surface area contributed by atoms with Crippen molar-refractivity contribution < 1.29 is 18.0 Å². The van der Waals surface area contributed by atoms with E-state index in [1.807, 2.05) is 6.07 Å². The minimum Gasteiger partial charge on any atom is -0.338 e. The Bertz CT molecular complexity index is 945. The summed E-state index contributed by atoms with van der Waals surface area (Å²) in [6.07, 6.45) is -4.04. The quantitative estimate of drug-likeness (QED) is 0.798. The highest BCUT2D eigenvalue weighted by atomic mass is 19.4. The SMILES string of the molecule is Cn1c(C(F)(F)F)nn(C2CCN(C(=O)c3ccc(C#N)cc3)CC2)c1=O. The molecule has 0 bridgehead atoms. The van der Waals surface area contributed by atoms with Crippen LogP contribution >= 0.6 is 0 Å². The van der Waals surface area contributed by atoms with Crippen molar-refractivity contribution in [2.75, 3.05) is 13.1 Å². The second-order valence-electron chi connectivity index (χ2n) is 6.32. The number of carbonyl (C=O) groups is 1. The van der Waals surface area contributed by atoms with Crippen molar-refractivity contribution in [1.29, 1.82) is 5.26 Å². The normalized spacial score (nSPS) is 15.6.